The summed E-state index contributed by atoms with van der Waals surface area (Å²) in [5, 5.41) is 18.7. The lowest BCUT2D eigenvalue weighted by Crippen LogP contribution is -2.14. The molecule has 6 nitrogen and oxygen atoms in total. The summed E-state index contributed by atoms with van der Waals surface area (Å²) in [6, 6.07) is 11.9. The molecule has 0 aliphatic carbocycles. The number of esters is 1. The Labute approximate surface area is 133 Å². The summed E-state index contributed by atoms with van der Waals surface area (Å²) >= 11 is 0. The van der Waals surface area contributed by atoms with Gasteiger partial charge in [-0.3, -0.25) is 0 Å². The fraction of sp³-hybridized carbons (Fsp3) is 0.235. The number of carbonyl (C=O) groups is 1. The van der Waals surface area contributed by atoms with Gasteiger partial charge in [0.05, 0.1) is 11.7 Å². The summed E-state index contributed by atoms with van der Waals surface area (Å²) in [7, 11) is 0. The van der Waals surface area contributed by atoms with Crippen molar-refractivity contribution < 1.29 is 14.6 Å². The van der Waals surface area contributed by atoms with Gasteiger partial charge in [-0.2, -0.15) is 0 Å². The van der Waals surface area contributed by atoms with Gasteiger partial charge in [-0.05, 0) is 43.7 Å². The predicted molar refractivity (Wildman–Crippen MR) is 85.7 cm³/mol. The monoisotopic (exact) mass is 311 g/mol. The van der Waals surface area contributed by atoms with Crippen LogP contribution in [-0.2, 0) is 4.74 Å². The quantitative estimate of drug-likeness (QED) is 0.749. The van der Waals surface area contributed by atoms with Gasteiger partial charge in [0.1, 0.15) is 22.5 Å². The van der Waals surface area contributed by atoms with E-state index >= 15 is 0 Å². The summed E-state index contributed by atoms with van der Waals surface area (Å²) in [5.41, 5.74) is 2.10. The first-order chi connectivity index (χ1) is 11.1. The van der Waals surface area contributed by atoms with E-state index in [-0.39, 0.29) is 11.9 Å². The van der Waals surface area contributed by atoms with Gasteiger partial charge in [-0.25, -0.2) is 4.79 Å². The Morgan fingerprint density at radius 1 is 1.22 bits per heavy atom. The average molecular weight is 311 g/mol. The number of nitrogens with zero attached hydrogens (tertiary/aromatic N) is 3. The number of carbonyl (C=O) groups excluding carboxylic acids is 1. The molecule has 0 fully saturated rings. The first-order valence-electron chi connectivity index (χ1n) is 7.45. The molecule has 1 unspecified atom stereocenters. The second-order valence-corrected chi connectivity index (χ2v) is 5.31. The predicted octanol–water partition coefficient (Wildman–Crippen LogP) is 3.08. The molecule has 1 aromatic heterocycles. The lowest BCUT2D eigenvalue weighted by Gasteiger charge is -2.11. The molecule has 1 heterocycles. The molecule has 23 heavy (non-hydrogen) atoms. The zero-order valence-electron chi connectivity index (χ0n) is 12.9. The van der Waals surface area contributed by atoms with Crippen molar-refractivity contribution in [3.63, 3.8) is 0 Å². The Hall–Kier alpha value is -2.89. The number of aromatic hydroxyl groups is 1. The molecular weight excluding hydrogens is 294 g/mol. The zero-order chi connectivity index (χ0) is 16.4. The van der Waals surface area contributed by atoms with Crippen LogP contribution in [0.2, 0.25) is 0 Å². The summed E-state index contributed by atoms with van der Waals surface area (Å²) in [6.07, 6.45) is 0.577. The van der Waals surface area contributed by atoms with E-state index in [4.69, 9.17) is 4.74 Å². The minimum atomic E-state index is -0.433. The molecule has 118 valence electrons. The average Bonchev–Trinajstić information content (AvgIpc) is 2.98. The third kappa shape index (κ3) is 3.01. The Morgan fingerprint density at radius 2 is 1.87 bits per heavy atom. The maximum absolute atomic E-state index is 12.1. The molecule has 0 amide bonds. The van der Waals surface area contributed by atoms with Crippen molar-refractivity contribution in [2.75, 3.05) is 0 Å². The smallest absolute Gasteiger partial charge is 0.338 e. The molecule has 0 aliphatic rings. The number of phenolic OH excluding ortho intramolecular Hbond substituents is 1. The number of ether oxygens (including phenoxy) is 1. The third-order valence-corrected chi connectivity index (χ3v) is 3.60. The van der Waals surface area contributed by atoms with Crippen molar-refractivity contribution in [2.45, 2.75) is 26.4 Å². The van der Waals surface area contributed by atoms with Crippen molar-refractivity contribution in [3.8, 4) is 11.4 Å². The van der Waals surface area contributed by atoms with E-state index in [0.29, 0.717) is 22.3 Å². The summed E-state index contributed by atoms with van der Waals surface area (Å²) in [5.74, 6) is -0.442. The van der Waals surface area contributed by atoms with Crippen LogP contribution in [0.15, 0.2) is 42.5 Å². The van der Waals surface area contributed by atoms with Crippen molar-refractivity contribution in [2.24, 2.45) is 0 Å². The minimum Gasteiger partial charge on any atom is -0.506 e. The standard InChI is InChI=1S/C17H17N3O3/c1-3-11(2)23-17(22)12-8-9-16(21)15(10-12)20-18-13-6-4-5-7-14(13)19-20/h4-11,21H,3H2,1-2H3. The normalized spacial score (nSPS) is 12.3. The van der Waals surface area contributed by atoms with Gasteiger partial charge >= 0.3 is 5.97 Å². The molecule has 2 aromatic carbocycles. The van der Waals surface area contributed by atoms with Crippen LogP contribution in [-0.4, -0.2) is 32.2 Å². The Morgan fingerprint density at radius 3 is 2.48 bits per heavy atom. The lowest BCUT2D eigenvalue weighted by atomic mass is 10.2. The van der Waals surface area contributed by atoms with E-state index < -0.39 is 5.97 Å². The second kappa shape index (κ2) is 6.08. The van der Waals surface area contributed by atoms with Crippen molar-refractivity contribution >= 4 is 17.0 Å². The van der Waals surface area contributed by atoms with Crippen LogP contribution in [0.4, 0.5) is 0 Å². The maximum Gasteiger partial charge on any atom is 0.338 e. The molecule has 0 radical (unpaired) electrons. The zero-order valence-corrected chi connectivity index (χ0v) is 12.9. The van der Waals surface area contributed by atoms with E-state index in [9.17, 15) is 9.90 Å². The van der Waals surface area contributed by atoms with Gasteiger partial charge in [0, 0.05) is 0 Å². The molecule has 3 rings (SSSR count). The van der Waals surface area contributed by atoms with Crippen LogP contribution < -0.4 is 0 Å². The summed E-state index contributed by atoms with van der Waals surface area (Å²) in [4.78, 5) is 13.4. The maximum atomic E-state index is 12.1. The molecule has 0 saturated carbocycles. The van der Waals surface area contributed by atoms with Gasteiger partial charge in [0.25, 0.3) is 0 Å². The van der Waals surface area contributed by atoms with Crippen LogP contribution in [0.1, 0.15) is 30.6 Å². The Kier molecular flexibility index (Phi) is 3.97. The second-order valence-electron chi connectivity index (χ2n) is 5.31. The summed E-state index contributed by atoms with van der Waals surface area (Å²) in [6.45, 7) is 3.78. The van der Waals surface area contributed by atoms with Gasteiger partial charge in [-0.15, -0.1) is 15.0 Å². The Bertz CT molecular complexity index is 824. The third-order valence-electron chi connectivity index (χ3n) is 3.60. The number of aromatic nitrogens is 3. The first kappa shape index (κ1) is 15.0. The van der Waals surface area contributed by atoms with Crippen molar-refractivity contribution in [1.82, 2.24) is 15.0 Å². The minimum absolute atomic E-state index is 0.00889. The van der Waals surface area contributed by atoms with Crippen molar-refractivity contribution in [1.29, 1.82) is 0 Å². The van der Waals surface area contributed by atoms with E-state index in [0.717, 1.165) is 6.42 Å². The number of rotatable bonds is 4. The van der Waals surface area contributed by atoms with Crippen LogP contribution in [0, 0.1) is 0 Å². The number of fused-ring (bicyclic) bond motifs is 1. The molecular formula is C17H17N3O3. The van der Waals surface area contributed by atoms with Crippen LogP contribution in [0.3, 0.4) is 0 Å². The van der Waals surface area contributed by atoms with Gasteiger partial charge in [-0.1, -0.05) is 19.1 Å². The summed E-state index contributed by atoms with van der Waals surface area (Å²) < 4.78 is 5.30. The van der Waals surface area contributed by atoms with E-state index in [2.05, 4.69) is 10.2 Å². The highest BCUT2D eigenvalue weighted by atomic mass is 16.5. The molecule has 1 atom stereocenters. The van der Waals surface area contributed by atoms with Crippen molar-refractivity contribution in [3.05, 3.63) is 48.0 Å². The topological polar surface area (TPSA) is 77.2 Å². The first-order valence-corrected chi connectivity index (χ1v) is 7.45. The van der Waals surface area contributed by atoms with Gasteiger partial charge < -0.3 is 9.84 Å². The van der Waals surface area contributed by atoms with E-state index in [1.807, 2.05) is 38.1 Å². The highest BCUT2D eigenvalue weighted by molar-refractivity contribution is 5.90. The number of benzene rings is 2. The van der Waals surface area contributed by atoms with Gasteiger partial charge in [0.2, 0.25) is 0 Å². The highest BCUT2D eigenvalue weighted by Gasteiger charge is 2.15. The van der Waals surface area contributed by atoms with Crippen LogP contribution in [0.25, 0.3) is 16.7 Å². The van der Waals surface area contributed by atoms with Crippen LogP contribution >= 0.6 is 0 Å². The van der Waals surface area contributed by atoms with Crippen LogP contribution in [0.5, 0.6) is 5.75 Å². The molecule has 0 spiro atoms. The molecule has 6 heteroatoms. The SMILES string of the molecule is CCC(C)OC(=O)c1ccc(O)c(-n2nc3ccccc3n2)c1. The molecule has 3 aromatic rings. The fourth-order valence-electron chi connectivity index (χ4n) is 2.11. The van der Waals surface area contributed by atoms with E-state index in [1.54, 1.807) is 0 Å². The largest absolute Gasteiger partial charge is 0.506 e. The Balaban J connectivity index is 1.99. The number of hydrogen-bond donors (Lipinski definition) is 1. The highest BCUT2D eigenvalue weighted by Crippen LogP contribution is 2.23. The van der Waals surface area contributed by atoms with E-state index in [1.165, 1.54) is 23.0 Å². The molecule has 0 saturated heterocycles. The number of hydrogen-bond acceptors (Lipinski definition) is 5. The molecule has 0 aliphatic heterocycles. The van der Waals surface area contributed by atoms with Gasteiger partial charge in [0.15, 0.2) is 0 Å². The number of phenols is 1. The lowest BCUT2D eigenvalue weighted by molar-refractivity contribution is 0.0334. The molecule has 1 N–H and O–H groups in total. The fourth-order valence-corrected chi connectivity index (χ4v) is 2.11. The molecule has 0 bridgehead atoms.